The van der Waals surface area contributed by atoms with Crippen molar-refractivity contribution in [3.8, 4) is 0 Å². The second-order valence-corrected chi connectivity index (χ2v) is 4.68. The number of amides is 1. The van der Waals surface area contributed by atoms with Gasteiger partial charge in [0.05, 0.1) is 0 Å². The standard InChI is InChI=1S/C13H23NO5/c1-3-4-5-6-7-10(16)12(17)14-11(13(18)19)9(2)8-15/h9,11,15H,3-8H2,1-2H3,(H,14,17)(H,18,19)/t9-,11+/m0/s1. The smallest absolute Gasteiger partial charge is 0.326 e. The molecule has 0 aliphatic rings. The van der Waals surface area contributed by atoms with Gasteiger partial charge in [-0.2, -0.15) is 0 Å². The molecule has 0 aliphatic carbocycles. The van der Waals surface area contributed by atoms with E-state index in [1.54, 1.807) is 0 Å². The Labute approximate surface area is 113 Å². The van der Waals surface area contributed by atoms with Gasteiger partial charge in [-0.3, -0.25) is 9.59 Å². The van der Waals surface area contributed by atoms with Crippen LogP contribution in [0.15, 0.2) is 0 Å². The van der Waals surface area contributed by atoms with E-state index >= 15 is 0 Å². The summed E-state index contributed by atoms with van der Waals surface area (Å²) in [5, 5.41) is 20.0. The van der Waals surface area contributed by atoms with Gasteiger partial charge in [0.25, 0.3) is 5.91 Å². The van der Waals surface area contributed by atoms with Crippen LogP contribution in [-0.4, -0.2) is 40.5 Å². The Balaban J connectivity index is 4.24. The van der Waals surface area contributed by atoms with Crippen LogP contribution < -0.4 is 5.32 Å². The summed E-state index contributed by atoms with van der Waals surface area (Å²) in [6.07, 6.45) is 3.69. The van der Waals surface area contributed by atoms with Crippen LogP contribution in [0.3, 0.4) is 0 Å². The van der Waals surface area contributed by atoms with Crippen LogP contribution in [0.4, 0.5) is 0 Å². The van der Waals surface area contributed by atoms with Gasteiger partial charge >= 0.3 is 5.97 Å². The SMILES string of the molecule is CCCCCCC(=O)C(=O)N[C@@H](C(=O)O)[C@@H](C)CO. The van der Waals surface area contributed by atoms with Crippen molar-refractivity contribution < 1.29 is 24.6 Å². The molecule has 0 spiro atoms. The Morgan fingerprint density at radius 3 is 2.26 bits per heavy atom. The van der Waals surface area contributed by atoms with E-state index in [9.17, 15) is 14.4 Å². The third-order valence-electron chi connectivity index (χ3n) is 2.92. The number of aliphatic carboxylic acids is 1. The first-order valence-corrected chi connectivity index (χ1v) is 6.61. The molecule has 0 aromatic carbocycles. The molecule has 110 valence electrons. The Kier molecular flexibility index (Phi) is 8.78. The molecule has 0 bridgehead atoms. The summed E-state index contributed by atoms with van der Waals surface area (Å²) >= 11 is 0. The van der Waals surface area contributed by atoms with Gasteiger partial charge in [-0.25, -0.2) is 4.79 Å². The summed E-state index contributed by atoms with van der Waals surface area (Å²) in [6.45, 7) is 3.16. The van der Waals surface area contributed by atoms with Crippen molar-refractivity contribution in [1.82, 2.24) is 5.32 Å². The first kappa shape index (κ1) is 17.6. The monoisotopic (exact) mass is 273 g/mol. The van der Waals surface area contributed by atoms with E-state index in [1.807, 2.05) is 6.92 Å². The van der Waals surface area contributed by atoms with Crippen molar-refractivity contribution in [2.24, 2.45) is 5.92 Å². The Morgan fingerprint density at radius 2 is 1.79 bits per heavy atom. The summed E-state index contributed by atoms with van der Waals surface area (Å²) in [6, 6.07) is -1.24. The molecule has 2 atom stereocenters. The summed E-state index contributed by atoms with van der Waals surface area (Å²) < 4.78 is 0. The van der Waals surface area contributed by atoms with Crippen LogP contribution in [0.2, 0.25) is 0 Å². The van der Waals surface area contributed by atoms with Crippen LogP contribution in [0.5, 0.6) is 0 Å². The number of aliphatic hydroxyl groups is 1. The summed E-state index contributed by atoms with van der Waals surface area (Å²) in [7, 11) is 0. The van der Waals surface area contributed by atoms with Gasteiger partial charge in [-0.15, -0.1) is 0 Å². The maximum absolute atomic E-state index is 11.5. The number of carbonyl (C=O) groups is 3. The number of unbranched alkanes of at least 4 members (excludes halogenated alkanes) is 3. The zero-order valence-electron chi connectivity index (χ0n) is 11.5. The minimum Gasteiger partial charge on any atom is -0.480 e. The Bertz CT molecular complexity index is 316. The topological polar surface area (TPSA) is 104 Å². The van der Waals surface area contributed by atoms with E-state index in [-0.39, 0.29) is 13.0 Å². The van der Waals surface area contributed by atoms with Gasteiger partial charge in [0, 0.05) is 18.9 Å². The Hall–Kier alpha value is -1.43. The fourth-order valence-corrected chi connectivity index (χ4v) is 1.60. The van der Waals surface area contributed by atoms with E-state index < -0.39 is 29.6 Å². The number of nitrogens with one attached hydrogen (secondary N) is 1. The van der Waals surface area contributed by atoms with Crippen LogP contribution in [0.1, 0.15) is 46.0 Å². The number of ketones is 1. The molecule has 1 amide bonds. The van der Waals surface area contributed by atoms with Crippen LogP contribution in [0, 0.1) is 5.92 Å². The zero-order valence-corrected chi connectivity index (χ0v) is 11.5. The van der Waals surface area contributed by atoms with Crippen molar-refractivity contribution in [1.29, 1.82) is 0 Å². The van der Waals surface area contributed by atoms with Crippen molar-refractivity contribution in [2.45, 2.75) is 52.0 Å². The molecule has 0 saturated carbocycles. The first-order valence-electron chi connectivity index (χ1n) is 6.61. The third-order valence-corrected chi connectivity index (χ3v) is 2.92. The minimum absolute atomic E-state index is 0.131. The molecule has 0 saturated heterocycles. The fourth-order valence-electron chi connectivity index (χ4n) is 1.60. The Morgan fingerprint density at radius 1 is 1.16 bits per heavy atom. The molecule has 0 aliphatic heterocycles. The molecule has 0 rings (SSSR count). The lowest BCUT2D eigenvalue weighted by Crippen LogP contribution is -2.48. The minimum atomic E-state index is -1.26. The van der Waals surface area contributed by atoms with Crippen LogP contribution >= 0.6 is 0 Å². The molecule has 0 aromatic heterocycles. The maximum Gasteiger partial charge on any atom is 0.326 e. The highest BCUT2D eigenvalue weighted by Gasteiger charge is 2.28. The molecule has 0 unspecified atom stereocenters. The molecule has 0 heterocycles. The summed E-state index contributed by atoms with van der Waals surface area (Å²) in [4.78, 5) is 34.0. The molecular weight excluding hydrogens is 250 g/mol. The second kappa shape index (κ2) is 9.49. The van der Waals surface area contributed by atoms with Gasteiger partial charge in [0.2, 0.25) is 5.78 Å². The number of carboxylic acid groups (broad SMARTS) is 1. The molecule has 3 N–H and O–H groups in total. The van der Waals surface area contributed by atoms with Gasteiger partial charge in [-0.1, -0.05) is 33.1 Å². The van der Waals surface area contributed by atoms with Crippen molar-refractivity contribution in [3.05, 3.63) is 0 Å². The van der Waals surface area contributed by atoms with Gasteiger partial charge in [0.15, 0.2) is 0 Å². The van der Waals surface area contributed by atoms with Crippen LogP contribution in [0.25, 0.3) is 0 Å². The highest BCUT2D eigenvalue weighted by Crippen LogP contribution is 2.05. The largest absolute Gasteiger partial charge is 0.480 e. The number of hydrogen-bond acceptors (Lipinski definition) is 4. The first-order chi connectivity index (χ1) is 8.93. The average Bonchev–Trinajstić information content (AvgIpc) is 2.39. The zero-order chi connectivity index (χ0) is 14.8. The molecule has 0 fully saturated rings. The van der Waals surface area contributed by atoms with Gasteiger partial charge in [-0.05, 0) is 6.42 Å². The molecule has 0 aromatic rings. The predicted octanol–water partition coefficient (Wildman–Crippen LogP) is 0.724. The van der Waals surface area contributed by atoms with E-state index in [0.717, 1.165) is 19.3 Å². The molecule has 6 nitrogen and oxygen atoms in total. The van der Waals surface area contributed by atoms with E-state index in [2.05, 4.69) is 5.32 Å². The summed E-state index contributed by atoms with van der Waals surface area (Å²) in [5.41, 5.74) is 0. The van der Waals surface area contributed by atoms with Crippen molar-refractivity contribution >= 4 is 17.7 Å². The lowest BCUT2D eigenvalue weighted by Gasteiger charge is -2.18. The maximum atomic E-state index is 11.5. The average molecular weight is 273 g/mol. The van der Waals surface area contributed by atoms with Gasteiger partial charge in [0.1, 0.15) is 6.04 Å². The fraction of sp³-hybridized carbons (Fsp3) is 0.769. The molecular formula is C13H23NO5. The highest BCUT2D eigenvalue weighted by atomic mass is 16.4. The normalized spacial score (nSPS) is 13.6. The second-order valence-electron chi connectivity index (χ2n) is 4.68. The highest BCUT2D eigenvalue weighted by molar-refractivity contribution is 6.36. The molecule has 6 heteroatoms. The third kappa shape index (κ3) is 6.91. The van der Waals surface area contributed by atoms with E-state index in [4.69, 9.17) is 10.2 Å². The lowest BCUT2D eigenvalue weighted by molar-refractivity contribution is -0.145. The van der Waals surface area contributed by atoms with Crippen LogP contribution in [-0.2, 0) is 14.4 Å². The predicted molar refractivity (Wildman–Crippen MR) is 69.6 cm³/mol. The van der Waals surface area contributed by atoms with Crippen molar-refractivity contribution in [3.63, 3.8) is 0 Å². The van der Waals surface area contributed by atoms with Gasteiger partial charge < -0.3 is 15.5 Å². The number of hydrogen-bond donors (Lipinski definition) is 3. The van der Waals surface area contributed by atoms with E-state index in [1.165, 1.54) is 6.92 Å². The van der Waals surface area contributed by atoms with Crippen molar-refractivity contribution in [2.75, 3.05) is 6.61 Å². The number of aliphatic hydroxyl groups excluding tert-OH is 1. The lowest BCUT2D eigenvalue weighted by atomic mass is 10.0. The molecule has 19 heavy (non-hydrogen) atoms. The quantitative estimate of drug-likeness (QED) is 0.402. The number of rotatable bonds is 10. The number of carbonyl (C=O) groups excluding carboxylic acids is 2. The molecule has 0 radical (unpaired) electrons. The number of Topliss-reactive ketones (excluding diaryl/α,β-unsaturated/α-hetero) is 1. The summed E-state index contributed by atoms with van der Waals surface area (Å²) in [5.74, 6) is -3.39. The number of carboxylic acids is 1. The van der Waals surface area contributed by atoms with E-state index in [0.29, 0.717) is 6.42 Å².